The van der Waals surface area contributed by atoms with Gasteiger partial charge in [-0.2, -0.15) is 0 Å². The van der Waals surface area contributed by atoms with Crippen LogP contribution in [0.4, 0.5) is 10.5 Å². The molecule has 3 aromatic rings. The lowest BCUT2D eigenvalue weighted by atomic mass is 10.0. The number of carbonyl (C=O) groups is 1. The highest BCUT2D eigenvalue weighted by atomic mass is 16.4. The summed E-state index contributed by atoms with van der Waals surface area (Å²) in [4.78, 5) is 11.2. The quantitative estimate of drug-likeness (QED) is 0.327. The van der Waals surface area contributed by atoms with Gasteiger partial charge in [0.05, 0.1) is 12.1 Å². The zero-order chi connectivity index (χ0) is 21.9. The summed E-state index contributed by atoms with van der Waals surface area (Å²) in [6.45, 7) is 1.60. The van der Waals surface area contributed by atoms with Crippen molar-refractivity contribution in [1.82, 2.24) is 10.6 Å². The second kappa shape index (κ2) is 11.7. The van der Waals surface area contributed by atoms with E-state index in [1.165, 1.54) is 5.56 Å². The molecule has 0 aliphatic rings. The van der Waals surface area contributed by atoms with E-state index in [0.717, 1.165) is 23.4 Å². The van der Waals surface area contributed by atoms with Crippen molar-refractivity contribution in [2.45, 2.75) is 31.7 Å². The number of anilines is 1. The molecule has 1 unspecified atom stereocenters. The average Bonchev–Trinajstić information content (AvgIpc) is 2.78. The van der Waals surface area contributed by atoms with Gasteiger partial charge in [0.1, 0.15) is 0 Å². The van der Waals surface area contributed by atoms with Crippen molar-refractivity contribution < 1.29 is 15.0 Å². The highest BCUT2D eigenvalue weighted by Gasteiger charge is 2.21. The van der Waals surface area contributed by atoms with Crippen LogP contribution in [0.3, 0.4) is 0 Å². The van der Waals surface area contributed by atoms with Crippen LogP contribution in [0.25, 0.3) is 0 Å². The van der Waals surface area contributed by atoms with Crippen molar-refractivity contribution in [3.05, 3.63) is 102 Å². The Morgan fingerprint density at radius 2 is 1.45 bits per heavy atom. The van der Waals surface area contributed by atoms with E-state index in [9.17, 15) is 9.90 Å². The predicted octanol–water partition coefficient (Wildman–Crippen LogP) is 3.63. The molecule has 0 saturated heterocycles. The first-order valence-corrected chi connectivity index (χ1v) is 10.4. The molecule has 0 heterocycles. The fourth-order valence-corrected chi connectivity index (χ4v) is 3.41. The van der Waals surface area contributed by atoms with Gasteiger partial charge >= 0.3 is 6.09 Å². The molecule has 0 bridgehead atoms. The lowest BCUT2D eigenvalue weighted by molar-refractivity contribution is 0.117. The van der Waals surface area contributed by atoms with Crippen LogP contribution in [-0.4, -0.2) is 35.0 Å². The summed E-state index contributed by atoms with van der Waals surface area (Å²) >= 11 is 0. The maximum Gasteiger partial charge on any atom is 0.404 e. The molecule has 2 atom stereocenters. The van der Waals surface area contributed by atoms with E-state index >= 15 is 0 Å². The van der Waals surface area contributed by atoms with Crippen molar-refractivity contribution in [2.75, 3.05) is 11.9 Å². The molecule has 0 radical (unpaired) electrons. The monoisotopic (exact) mass is 419 g/mol. The SMILES string of the molecule is O=C(O)NC(Cc1ccccc1)[C@H](O)CNCc1cccc(NCc2ccccc2)c1. The smallest absolute Gasteiger partial charge is 0.404 e. The standard InChI is InChI=1S/C25H29N3O3/c29-24(23(28-25(30)31)15-19-8-3-1-4-9-19)18-26-16-21-12-7-13-22(14-21)27-17-20-10-5-2-6-11-20/h1-14,23-24,26-29H,15-18H2,(H,30,31)/t23?,24-/m1/s1. The minimum atomic E-state index is -1.14. The van der Waals surface area contributed by atoms with Crippen molar-refractivity contribution in [3.8, 4) is 0 Å². The van der Waals surface area contributed by atoms with Crippen LogP contribution in [0.2, 0.25) is 0 Å². The number of hydrogen-bond donors (Lipinski definition) is 5. The van der Waals surface area contributed by atoms with Crippen LogP contribution in [0.15, 0.2) is 84.9 Å². The molecule has 3 aromatic carbocycles. The zero-order valence-electron chi connectivity index (χ0n) is 17.4. The van der Waals surface area contributed by atoms with Gasteiger partial charge in [-0.05, 0) is 35.2 Å². The van der Waals surface area contributed by atoms with Crippen LogP contribution >= 0.6 is 0 Å². The molecule has 6 heteroatoms. The molecule has 0 saturated carbocycles. The van der Waals surface area contributed by atoms with Gasteiger partial charge < -0.3 is 26.2 Å². The maximum atomic E-state index is 11.2. The highest BCUT2D eigenvalue weighted by Crippen LogP contribution is 2.13. The van der Waals surface area contributed by atoms with E-state index < -0.39 is 18.2 Å². The van der Waals surface area contributed by atoms with Gasteiger partial charge in [0.25, 0.3) is 0 Å². The number of amides is 1. The average molecular weight is 420 g/mol. The van der Waals surface area contributed by atoms with E-state index in [4.69, 9.17) is 5.11 Å². The first-order valence-electron chi connectivity index (χ1n) is 10.4. The molecule has 0 aliphatic carbocycles. The summed E-state index contributed by atoms with van der Waals surface area (Å²) in [5.74, 6) is 0. The molecule has 162 valence electrons. The number of benzene rings is 3. The second-order valence-corrected chi connectivity index (χ2v) is 7.48. The summed E-state index contributed by atoms with van der Waals surface area (Å²) in [5, 5.41) is 28.8. The Hall–Kier alpha value is -3.35. The molecule has 6 nitrogen and oxygen atoms in total. The largest absolute Gasteiger partial charge is 0.465 e. The summed E-state index contributed by atoms with van der Waals surface area (Å²) in [6.07, 6.45) is -1.57. The van der Waals surface area contributed by atoms with Crippen LogP contribution in [0.5, 0.6) is 0 Å². The van der Waals surface area contributed by atoms with Gasteiger partial charge in [-0.1, -0.05) is 72.8 Å². The van der Waals surface area contributed by atoms with Crippen LogP contribution < -0.4 is 16.0 Å². The van der Waals surface area contributed by atoms with Crippen molar-refractivity contribution in [2.24, 2.45) is 0 Å². The summed E-state index contributed by atoms with van der Waals surface area (Å²) in [7, 11) is 0. The van der Waals surface area contributed by atoms with Crippen molar-refractivity contribution in [3.63, 3.8) is 0 Å². The van der Waals surface area contributed by atoms with Crippen LogP contribution in [-0.2, 0) is 19.5 Å². The second-order valence-electron chi connectivity index (χ2n) is 7.48. The van der Waals surface area contributed by atoms with E-state index in [1.54, 1.807) is 0 Å². The number of aliphatic hydroxyl groups is 1. The summed E-state index contributed by atoms with van der Waals surface area (Å²) < 4.78 is 0. The first-order chi connectivity index (χ1) is 15.1. The molecule has 5 N–H and O–H groups in total. The van der Waals surface area contributed by atoms with Gasteiger partial charge in [-0.3, -0.25) is 0 Å². The van der Waals surface area contributed by atoms with Gasteiger partial charge in [0.2, 0.25) is 0 Å². The molecule has 0 fully saturated rings. The Labute approximate surface area is 182 Å². The molecule has 3 rings (SSSR count). The van der Waals surface area contributed by atoms with Gasteiger partial charge in [0.15, 0.2) is 0 Å². The van der Waals surface area contributed by atoms with E-state index in [-0.39, 0.29) is 6.54 Å². The number of aliphatic hydroxyl groups excluding tert-OH is 1. The topological polar surface area (TPSA) is 93.6 Å². The van der Waals surface area contributed by atoms with E-state index in [0.29, 0.717) is 13.0 Å². The van der Waals surface area contributed by atoms with Gasteiger partial charge in [-0.15, -0.1) is 0 Å². The summed E-state index contributed by atoms with van der Waals surface area (Å²) in [5.41, 5.74) is 4.29. The number of carboxylic acid groups (broad SMARTS) is 1. The minimum absolute atomic E-state index is 0.277. The van der Waals surface area contributed by atoms with Crippen molar-refractivity contribution >= 4 is 11.8 Å². The van der Waals surface area contributed by atoms with Crippen molar-refractivity contribution in [1.29, 1.82) is 0 Å². The van der Waals surface area contributed by atoms with Gasteiger partial charge in [-0.25, -0.2) is 4.79 Å². The fraction of sp³-hybridized carbons (Fsp3) is 0.240. The van der Waals surface area contributed by atoms with Gasteiger partial charge in [0, 0.05) is 25.3 Å². The normalized spacial score (nSPS) is 12.7. The third-order valence-corrected chi connectivity index (χ3v) is 5.02. The predicted molar refractivity (Wildman–Crippen MR) is 123 cm³/mol. The number of rotatable bonds is 11. The zero-order valence-corrected chi connectivity index (χ0v) is 17.4. The Kier molecular flexibility index (Phi) is 8.46. The minimum Gasteiger partial charge on any atom is -0.465 e. The lowest BCUT2D eigenvalue weighted by Crippen LogP contribution is -2.48. The van der Waals surface area contributed by atoms with E-state index in [2.05, 4.69) is 34.1 Å². The van der Waals surface area contributed by atoms with Crippen LogP contribution in [0, 0.1) is 0 Å². The Bertz CT molecular complexity index is 935. The molecule has 0 spiro atoms. The maximum absolute atomic E-state index is 11.2. The Morgan fingerprint density at radius 1 is 0.806 bits per heavy atom. The molecule has 0 aromatic heterocycles. The third kappa shape index (κ3) is 7.77. The molecule has 0 aliphatic heterocycles. The third-order valence-electron chi connectivity index (χ3n) is 5.02. The Morgan fingerprint density at radius 3 is 2.13 bits per heavy atom. The fourth-order valence-electron chi connectivity index (χ4n) is 3.41. The van der Waals surface area contributed by atoms with E-state index in [1.807, 2.05) is 66.7 Å². The molecular weight excluding hydrogens is 390 g/mol. The lowest BCUT2D eigenvalue weighted by Gasteiger charge is -2.23. The van der Waals surface area contributed by atoms with Crippen LogP contribution in [0.1, 0.15) is 16.7 Å². The Balaban J connectivity index is 1.50. The summed E-state index contributed by atoms with van der Waals surface area (Å²) in [6, 6.07) is 27.3. The molecule has 31 heavy (non-hydrogen) atoms. The molecular formula is C25H29N3O3. The number of hydrogen-bond acceptors (Lipinski definition) is 4. The molecule has 1 amide bonds. The number of nitrogens with one attached hydrogen (secondary N) is 3. The first kappa shape index (κ1) is 22.3. The highest BCUT2D eigenvalue weighted by molar-refractivity contribution is 5.65.